The third-order valence-corrected chi connectivity index (χ3v) is 8.69. The van der Waals surface area contributed by atoms with Gasteiger partial charge in [0.05, 0.1) is 22.7 Å². The summed E-state index contributed by atoms with van der Waals surface area (Å²) in [6.45, 7) is 6.83. The van der Waals surface area contributed by atoms with Crippen LogP contribution in [0, 0.1) is 3.82 Å². The van der Waals surface area contributed by atoms with Crippen molar-refractivity contribution >= 4 is 44.5 Å². The Morgan fingerprint density at radius 2 is 1.97 bits per heavy atom. The normalized spacial score (nSPS) is 15.5. The van der Waals surface area contributed by atoms with Crippen molar-refractivity contribution in [3.63, 3.8) is 0 Å². The van der Waals surface area contributed by atoms with Crippen molar-refractivity contribution in [2.45, 2.75) is 26.3 Å². The lowest BCUT2D eigenvalue weighted by atomic mass is 9.86. The summed E-state index contributed by atoms with van der Waals surface area (Å²) >= 11 is 5.67. The minimum absolute atomic E-state index is 0.0984. The number of anilines is 1. The number of amides is 1. The summed E-state index contributed by atoms with van der Waals surface area (Å²) in [5.41, 5.74) is 2.80. The smallest absolute Gasteiger partial charge is 0.259 e. The highest BCUT2D eigenvalue weighted by molar-refractivity contribution is 7.80. The van der Waals surface area contributed by atoms with Crippen LogP contribution in [0.2, 0.25) is 0 Å². The zero-order valence-corrected chi connectivity index (χ0v) is 19.1. The van der Waals surface area contributed by atoms with Gasteiger partial charge in [0.15, 0.2) is 11.5 Å². The second kappa shape index (κ2) is 7.08. The van der Waals surface area contributed by atoms with Crippen LogP contribution >= 0.6 is 32.9 Å². The fourth-order valence-corrected chi connectivity index (χ4v) is 7.27. The minimum atomic E-state index is -0.554. The molecule has 0 saturated heterocycles. The van der Waals surface area contributed by atoms with E-state index in [0.29, 0.717) is 23.7 Å². The summed E-state index contributed by atoms with van der Waals surface area (Å²) < 4.78 is 17.4. The molecule has 0 radical (unpaired) electrons. The maximum absolute atomic E-state index is 13.8. The number of carbonyl (C=O) groups excluding carboxylic acids is 1. The SMILES string of the molecule is CCOc1ccc2c(c1)-c1c(ssc1=S)C(C)(C)N2C(=O)c1ccc2c(c1)OCO2. The number of hydrogen-bond acceptors (Lipinski definition) is 7. The maximum atomic E-state index is 13.8. The van der Waals surface area contributed by atoms with Gasteiger partial charge in [-0.2, -0.15) is 0 Å². The summed E-state index contributed by atoms with van der Waals surface area (Å²) in [5, 5.41) is 0. The van der Waals surface area contributed by atoms with Crippen molar-refractivity contribution in [3.05, 3.63) is 50.7 Å². The van der Waals surface area contributed by atoms with E-state index in [0.717, 1.165) is 31.3 Å². The van der Waals surface area contributed by atoms with E-state index in [-0.39, 0.29) is 12.7 Å². The minimum Gasteiger partial charge on any atom is -0.494 e. The molecule has 0 spiro atoms. The van der Waals surface area contributed by atoms with Crippen LogP contribution in [0.5, 0.6) is 17.2 Å². The highest BCUT2D eigenvalue weighted by atomic mass is 32.9. The molecule has 154 valence electrons. The summed E-state index contributed by atoms with van der Waals surface area (Å²) in [6, 6.07) is 11.2. The Bertz CT molecular complexity index is 1230. The summed E-state index contributed by atoms with van der Waals surface area (Å²) in [5.74, 6) is 1.92. The first-order valence-electron chi connectivity index (χ1n) is 9.57. The van der Waals surface area contributed by atoms with Gasteiger partial charge in [0.1, 0.15) is 9.57 Å². The molecular weight excluding hydrogens is 438 g/mol. The van der Waals surface area contributed by atoms with E-state index in [9.17, 15) is 4.79 Å². The molecule has 0 saturated carbocycles. The first kappa shape index (κ1) is 19.5. The van der Waals surface area contributed by atoms with Crippen molar-refractivity contribution in [1.29, 1.82) is 0 Å². The zero-order valence-electron chi connectivity index (χ0n) is 16.7. The van der Waals surface area contributed by atoms with Crippen LogP contribution in [-0.4, -0.2) is 19.3 Å². The Hall–Kier alpha value is -2.42. The number of hydrogen-bond donors (Lipinski definition) is 0. The maximum Gasteiger partial charge on any atom is 0.259 e. The van der Waals surface area contributed by atoms with E-state index >= 15 is 0 Å². The Labute approximate surface area is 186 Å². The van der Waals surface area contributed by atoms with Gasteiger partial charge in [-0.3, -0.25) is 9.69 Å². The van der Waals surface area contributed by atoms with Crippen molar-refractivity contribution in [2.75, 3.05) is 18.3 Å². The first-order chi connectivity index (χ1) is 14.4. The summed E-state index contributed by atoms with van der Waals surface area (Å²) in [7, 11) is 3.21. The van der Waals surface area contributed by atoms with Gasteiger partial charge in [0, 0.05) is 16.7 Å². The molecule has 8 heteroatoms. The quantitative estimate of drug-likeness (QED) is 0.345. The zero-order chi connectivity index (χ0) is 21.0. The van der Waals surface area contributed by atoms with Crippen molar-refractivity contribution in [1.82, 2.24) is 0 Å². The standard InChI is InChI=1S/C22H19NO4S3/c1-4-25-13-6-7-15-14(10-13)18-19(29-30-21(18)28)22(2,3)23(15)20(24)12-5-8-16-17(9-12)27-11-26-16/h5-10H,4,11H2,1-3H3. The van der Waals surface area contributed by atoms with Gasteiger partial charge >= 0.3 is 0 Å². The number of rotatable bonds is 3. The van der Waals surface area contributed by atoms with Crippen LogP contribution < -0.4 is 19.1 Å². The third-order valence-electron chi connectivity index (χ3n) is 5.36. The Kier molecular flexibility index (Phi) is 4.61. The molecule has 3 heterocycles. The molecule has 0 fully saturated rings. The molecule has 0 aliphatic carbocycles. The Balaban J connectivity index is 1.69. The van der Waals surface area contributed by atoms with E-state index in [1.807, 2.05) is 30.0 Å². The number of ether oxygens (including phenoxy) is 3. The molecule has 2 aliphatic rings. The average Bonchev–Trinajstić information content (AvgIpc) is 3.35. The Morgan fingerprint density at radius 3 is 2.77 bits per heavy atom. The molecule has 1 amide bonds. The Morgan fingerprint density at radius 1 is 1.17 bits per heavy atom. The highest BCUT2D eigenvalue weighted by Crippen LogP contribution is 2.53. The second-order valence-corrected chi connectivity index (χ2v) is 10.4. The van der Waals surface area contributed by atoms with Gasteiger partial charge < -0.3 is 14.2 Å². The fourth-order valence-electron chi connectivity index (χ4n) is 3.99. The fraction of sp³-hybridized carbons (Fsp3) is 0.273. The number of carbonyl (C=O) groups is 1. The van der Waals surface area contributed by atoms with Crippen molar-refractivity contribution in [3.8, 4) is 28.4 Å². The van der Waals surface area contributed by atoms with Gasteiger partial charge in [-0.25, -0.2) is 0 Å². The van der Waals surface area contributed by atoms with Crippen LogP contribution in [0.25, 0.3) is 11.1 Å². The molecule has 2 aliphatic heterocycles. The molecule has 0 bridgehead atoms. The average molecular weight is 458 g/mol. The molecule has 5 rings (SSSR count). The number of nitrogens with zero attached hydrogens (tertiary/aromatic N) is 1. The molecule has 0 N–H and O–H groups in total. The third kappa shape index (κ3) is 2.85. The lowest BCUT2D eigenvalue weighted by Gasteiger charge is -2.43. The van der Waals surface area contributed by atoms with E-state index < -0.39 is 5.54 Å². The van der Waals surface area contributed by atoms with Crippen LogP contribution in [-0.2, 0) is 5.54 Å². The molecule has 2 aromatic carbocycles. The van der Waals surface area contributed by atoms with Gasteiger partial charge in [0.25, 0.3) is 5.91 Å². The van der Waals surface area contributed by atoms with E-state index in [2.05, 4.69) is 13.8 Å². The van der Waals surface area contributed by atoms with Crippen molar-refractivity contribution in [2.24, 2.45) is 0 Å². The van der Waals surface area contributed by atoms with E-state index in [1.54, 1.807) is 38.9 Å². The topological polar surface area (TPSA) is 48.0 Å². The lowest BCUT2D eigenvalue weighted by molar-refractivity contribution is 0.0961. The predicted octanol–water partition coefficient (Wildman–Crippen LogP) is 6.23. The number of fused-ring (bicyclic) bond motifs is 4. The molecule has 5 nitrogen and oxygen atoms in total. The van der Waals surface area contributed by atoms with Crippen LogP contribution in [0.1, 0.15) is 36.0 Å². The molecule has 3 aromatic rings. The van der Waals surface area contributed by atoms with Crippen LogP contribution in [0.15, 0.2) is 36.4 Å². The van der Waals surface area contributed by atoms with Gasteiger partial charge in [-0.05, 0) is 57.2 Å². The van der Waals surface area contributed by atoms with E-state index in [1.165, 1.54) is 0 Å². The van der Waals surface area contributed by atoms with Gasteiger partial charge in [-0.1, -0.05) is 32.9 Å². The second-order valence-electron chi connectivity index (χ2n) is 7.54. The van der Waals surface area contributed by atoms with Crippen LogP contribution in [0.3, 0.4) is 0 Å². The number of benzene rings is 2. The largest absolute Gasteiger partial charge is 0.494 e. The molecular formula is C22H19NO4S3. The summed E-state index contributed by atoms with van der Waals surface area (Å²) in [4.78, 5) is 16.7. The monoisotopic (exact) mass is 457 g/mol. The molecule has 0 atom stereocenters. The van der Waals surface area contributed by atoms with Gasteiger partial charge in [-0.15, -0.1) is 0 Å². The van der Waals surface area contributed by atoms with Gasteiger partial charge in [0.2, 0.25) is 6.79 Å². The summed E-state index contributed by atoms with van der Waals surface area (Å²) in [6.07, 6.45) is 0. The predicted molar refractivity (Wildman–Crippen MR) is 122 cm³/mol. The van der Waals surface area contributed by atoms with Crippen molar-refractivity contribution < 1.29 is 19.0 Å². The molecule has 30 heavy (non-hydrogen) atoms. The molecule has 0 unspecified atom stereocenters. The first-order valence-corrected chi connectivity index (χ1v) is 12.1. The molecule has 1 aromatic heterocycles. The lowest BCUT2D eigenvalue weighted by Crippen LogP contribution is -2.47. The van der Waals surface area contributed by atoms with Crippen LogP contribution in [0.4, 0.5) is 5.69 Å². The highest BCUT2D eigenvalue weighted by Gasteiger charge is 2.43. The van der Waals surface area contributed by atoms with E-state index in [4.69, 9.17) is 26.4 Å².